The van der Waals surface area contributed by atoms with Crippen LogP contribution in [0.2, 0.25) is 0 Å². The summed E-state index contributed by atoms with van der Waals surface area (Å²) in [4.78, 5) is 2.61. The van der Waals surface area contributed by atoms with Crippen molar-refractivity contribution >= 4 is 0 Å². The van der Waals surface area contributed by atoms with E-state index in [4.69, 9.17) is 0 Å². The van der Waals surface area contributed by atoms with E-state index < -0.39 is 0 Å². The van der Waals surface area contributed by atoms with Crippen molar-refractivity contribution in [1.82, 2.24) is 10.2 Å². The summed E-state index contributed by atoms with van der Waals surface area (Å²) in [7, 11) is 0. The Balaban J connectivity index is 2.37. The Hall–Kier alpha value is -0.0800. The first-order valence-corrected chi connectivity index (χ1v) is 6.46. The predicted octanol–water partition coefficient (Wildman–Crippen LogP) is 2.35. The zero-order valence-electron chi connectivity index (χ0n) is 11.1. The summed E-state index contributed by atoms with van der Waals surface area (Å²) in [6.45, 7) is 15.2. The third kappa shape index (κ3) is 4.52. The molecule has 0 aromatic heterocycles. The van der Waals surface area contributed by atoms with E-state index in [2.05, 4.69) is 44.8 Å². The molecule has 2 nitrogen and oxygen atoms in total. The van der Waals surface area contributed by atoms with Crippen LogP contribution in [0.25, 0.3) is 0 Å². The molecule has 2 unspecified atom stereocenters. The second kappa shape index (κ2) is 5.86. The molecule has 1 fully saturated rings. The Morgan fingerprint density at radius 2 is 1.93 bits per heavy atom. The highest BCUT2D eigenvalue weighted by Gasteiger charge is 2.23. The Bertz CT molecular complexity index is 177. The van der Waals surface area contributed by atoms with Gasteiger partial charge in [0.25, 0.3) is 0 Å². The molecule has 0 bridgehead atoms. The fraction of sp³-hybridized carbons (Fsp3) is 1.00. The molecule has 0 aromatic carbocycles. The highest BCUT2D eigenvalue weighted by atomic mass is 15.2. The molecule has 0 spiro atoms. The van der Waals surface area contributed by atoms with Crippen LogP contribution in [0.4, 0.5) is 0 Å². The number of hydrogen-bond donors (Lipinski definition) is 1. The highest BCUT2D eigenvalue weighted by Crippen LogP contribution is 2.15. The average molecular weight is 212 g/mol. The third-order valence-corrected chi connectivity index (χ3v) is 3.23. The summed E-state index contributed by atoms with van der Waals surface area (Å²) in [5.41, 5.74) is 0. The lowest BCUT2D eigenvalue weighted by molar-refractivity contribution is 0.180. The van der Waals surface area contributed by atoms with Crippen molar-refractivity contribution in [2.45, 2.75) is 53.1 Å². The normalized spacial score (nSPS) is 27.2. The van der Waals surface area contributed by atoms with Gasteiger partial charge in [-0.3, -0.25) is 4.90 Å². The molecule has 0 aliphatic carbocycles. The fourth-order valence-electron chi connectivity index (χ4n) is 2.41. The van der Waals surface area contributed by atoms with E-state index in [1.54, 1.807) is 0 Å². The Kier molecular flexibility index (Phi) is 5.07. The predicted molar refractivity (Wildman–Crippen MR) is 67.1 cm³/mol. The van der Waals surface area contributed by atoms with Gasteiger partial charge in [0.05, 0.1) is 0 Å². The van der Waals surface area contributed by atoms with Crippen LogP contribution in [0.3, 0.4) is 0 Å². The SMILES string of the molecule is CC(C)CN(CC1CC(C)CN1)C(C)C. The van der Waals surface area contributed by atoms with Crippen molar-refractivity contribution in [2.24, 2.45) is 11.8 Å². The van der Waals surface area contributed by atoms with Gasteiger partial charge in [0, 0.05) is 25.2 Å². The van der Waals surface area contributed by atoms with Crippen molar-refractivity contribution in [1.29, 1.82) is 0 Å². The molecular weight excluding hydrogens is 184 g/mol. The van der Waals surface area contributed by atoms with Crippen LogP contribution < -0.4 is 5.32 Å². The van der Waals surface area contributed by atoms with Gasteiger partial charge in [0.1, 0.15) is 0 Å². The molecule has 1 heterocycles. The highest BCUT2D eigenvalue weighted by molar-refractivity contribution is 4.83. The van der Waals surface area contributed by atoms with Gasteiger partial charge in [-0.05, 0) is 38.6 Å². The first-order valence-electron chi connectivity index (χ1n) is 6.46. The number of hydrogen-bond acceptors (Lipinski definition) is 2. The molecule has 2 heteroatoms. The van der Waals surface area contributed by atoms with Gasteiger partial charge in [0.2, 0.25) is 0 Å². The van der Waals surface area contributed by atoms with Gasteiger partial charge >= 0.3 is 0 Å². The van der Waals surface area contributed by atoms with Crippen LogP contribution in [0, 0.1) is 11.8 Å². The summed E-state index contributed by atoms with van der Waals surface area (Å²) < 4.78 is 0. The van der Waals surface area contributed by atoms with E-state index in [0.717, 1.165) is 17.9 Å². The molecule has 15 heavy (non-hydrogen) atoms. The summed E-state index contributed by atoms with van der Waals surface area (Å²) in [5, 5.41) is 3.62. The van der Waals surface area contributed by atoms with Crippen LogP contribution in [-0.2, 0) is 0 Å². The summed E-state index contributed by atoms with van der Waals surface area (Å²) in [6, 6.07) is 1.39. The first-order chi connectivity index (χ1) is 6.99. The lowest BCUT2D eigenvalue weighted by Crippen LogP contribution is -2.42. The topological polar surface area (TPSA) is 15.3 Å². The van der Waals surface area contributed by atoms with E-state index in [9.17, 15) is 0 Å². The molecule has 1 aliphatic heterocycles. The molecule has 1 saturated heterocycles. The van der Waals surface area contributed by atoms with Crippen LogP contribution in [-0.4, -0.2) is 36.6 Å². The maximum absolute atomic E-state index is 3.62. The van der Waals surface area contributed by atoms with Crippen LogP contribution in [0.15, 0.2) is 0 Å². The molecule has 1 rings (SSSR count). The fourth-order valence-corrected chi connectivity index (χ4v) is 2.41. The van der Waals surface area contributed by atoms with E-state index in [0.29, 0.717) is 6.04 Å². The van der Waals surface area contributed by atoms with Gasteiger partial charge in [-0.2, -0.15) is 0 Å². The van der Waals surface area contributed by atoms with Crippen molar-refractivity contribution in [3.63, 3.8) is 0 Å². The molecule has 0 amide bonds. The minimum Gasteiger partial charge on any atom is -0.312 e. The second-order valence-corrected chi connectivity index (χ2v) is 5.89. The largest absolute Gasteiger partial charge is 0.312 e. The van der Waals surface area contributed by atoms with Crippen molar-refractivity contribution < 1.29 is 0 Å². The van der Waals surface area contributed by atoms with E-state index in [1.807, 2.05) is 0 Å². The second-order valence-electron chi connectivity index (χ2n) is 5.89. The van der Waals surface area contributed by atoms with Crippen molar-refractivity contribution in [3.05, 3.63) is 0 Å². The first kappa shape index (κ1) is 13.0. The van der Waals surface area contributed by atoms with Crippen LogP contribution >= 0.6 is 0 Å². The van der Waals surface area contributed by atoms with Gasteiger partial charge in [-0.1, -0.05) is 20.8 Å². The third-order valence-electron chi connectivity index (χ3n) is 3.23. The van der Waals surface area contributed by atoms with Crippen molar-refractivity contribution in [2.75, 3.05) is 19.6 Å². The Labute approximate surface area is 95.4 Å². The maximum atomic E-state index is 3.62. The maximum Gasteiger partial charge on any atom is 0.0198 e. The molecule has 0 saturated carbocycles. The monoisotopic (exact) mass is 212 g/mol. The zero-order chi connectivity index (χ0) is 11.4. The molecule has 0 radical (unpaired) electrons. The number of nitrogens with zero attached hydrogens (tertiary/aromatic N) is 1. The quantitative estimate of drug-likeness (QED) is 0.752. The minimum absolute atomic E-state index is 0.671. The lowest BCUT2D eigenvalue weighted by atomic mass is 10.1. The van der Waals surface area contributed by atoms with Gasteiger partial charge < -0.3 is 5.32 Å². The van der Waals surface area contributed by atoms with Crippen LogP contribution in [0.1, 0.15) is 41.0 Å². The summed E-state index contributed by atoms with van der Waals surface area (Å²) in [5.74, 6) is 1.63. The molecular formula is C13H28N2. The van der Waals surface area contributed by atoms with E-state index >= 15 is 0 Å². The molecule has 90 valence electrons. The van der Waals surface area contributed by atoms with Gasteiger partial charge in [-0.25, -0.2) is 0 Å². The summed E-state index contributed by atoms with van der Waals surface area (Å²) in [6.07, 6.45) is 1.35. The number of rotatable bonds is 5. The molecule has 2 atom stereocenters. The standard InChI is InChI=1S/C13H28N2/c1-10(2)8-15(11(3)4)9-13-6-12(5)7-14-13/h10-14H,6-9H2,1-5H3. The van der Waals surface area contributed by atoms with Gasteiger partial charge in [-0.15, -0.1) is 0 Å². The smallest absolute Gasteiger partial charge is 0.0198 e. The number of nitrogens with one attached hydrogen (secondary N) is 1. The van der Waals surface area contributed by atoms with Crippen molar-refractivity contribution in [3.8, 4) is 0 Å². The van der Waals surface area contributed by atoms with Gasteiger partial charge in [0.15, 0.2) is 0 Å². The molecule has 1 N–H and O–H groups in total. The minimum atomic E-state index is 0.671. The zero-order valence-corrected chi connectivity index (χ0v) is 11.1. The Morgan fingerprint density at radius 1 is 1.27 bits per heavy atom. The van der Waals surface area contributed by atoms with E-state index in [1.165, 1.54) is 26.1 Å². The van der Waals surface area contributed by atoms with Crippen LogP contribution in [0.5, 0.6) is 0 Å². The molecule has 0 aromatic rings. The Morgan fingerprint density at radius 3 is 2.33 bits per heavy atom. The average Bonchev–Trinajstić information content (AvgIpc) is 2.49. The lowest BCUT2D eigenvalue weighted by Gasteiger charge is -2.30. The van der Waals surface area contributed by atoms with E-state index in [-0.39, 0.29) is 0 Å². The molecule has 1 aliphatic rings. The summed E-state index contributed by atoms with van der Waals surface area (Å²) >= 11 is 0.